The lowest BCUT2D eigenvalue weighted by Crippen LogP contribution is -2.42. The molecular formula is C86H129NO20. The number of hydrogen-bond donors (Lipinski definition) is 7. The number of amides is 1. The van der Waals surface area contributed by atoms with Gasteiger partial charge in [-0.15, -0.1) is 0 Å². The summed E-state index contributed by atoms with van der Waals surface area (Å²) in [5.74, 6) is 2.89. The molecule has 7 N–H and O–H groups in total. The number of carbonyl (C=O) groups excluding carboxylic acids is 6. The molecule has 3 saturated heterocycles. The van der Waals surface area contributed by atoms with Crippen molar-refractivity contribution in [3.05, 3.63) is 95.2 Å². The number of hydrogen-bond acceptors (Lipinski definition) is 19. The summed E-state index contributed by atoms with van der Waals surface area (Å²) in [5, 5.41) is 60.9. The first kappa shape index (κ1) is 86.4. The number of esters is 5. The highest BCUT2D eigenvalue weighted by Gasteiger charge is 2.47. The number of allylic oxidation sites excluding steroid dienone is 12. The summed E-state index contributed by atoms with van der Waals surface area (Å²) in [4.78, 5) is 81.4. The smallest absolute Gasteiger partial charge is 0.407 e. The molecule has 598 valence electrons. The zero-order valence-electron chi connectivity index (χ0n) is 65.9. The molecule has 3 aliphatic heterocycles. The Morgan fingerprint density at radius 1 is 0.495 bits per heavy atom. The van der Waals surface area contributed by atoms with Gasteiger partial charge in [0.1, 0.15) is 36.6 Å². The van der Waals surface area contributed by atoms with Crippen LogP contribution in [0, 0.1) is 101 Å². The summed E-state index contributed by atoms with van der Waals surface area (Å²) in [6.45, 7) is 22.8. The van der Waals surface area contributed by atoms with Crippen molar-refractivity contribution in [3.63, 3.8) is 0 Å². The molecule has 1 amide bonds. The minimum atomic E-state index is -1.07. The third-order valence-corrected chi connectivity index (χ3v) is 24.7. The number of cyclic esters (lactones) is 3. The van der Waals surface area contributed by atoms with E-state index in [4.69, 9.17) is 38.3 Å². The van der Waals surface area contributed by atoms with E-state index in [1.54, 1.807) is 7.05 Å². The average molecular weight is 1500 g/mol. The van der Waals surface area contributed by atoms with Crippen molar-refractivity contribution in [3.8, 4) is 0 Å². The van der Waals surface area contributed by atoms with Gasteiger partial charge < -0.3 is 69.1 Å². The lowest BCUT2D eigenvalue weighted by molar-refractivity contribution is -0.162. The van der Waals surface area contributed by atoms with Crippen molar-refractivity contribution in [2.75, 3.05) is 14.2 Å². The summed E-state index contributed by atoms with van der Waals surface area (Å²) in [6.07, 6.45) is 34.4. The zero-order chi connectivity index (χ0) is 78.1. The monoisotopic (exact) mass is 1500 g/mol. The predicted molar refractivity (Wildman–Crippen MR) is 405 cm³/mol. The Bertz CT molecular complexity index is 3250. The predicted octanol–water partition coefficient (Wildman–Crippen LogP) is 13.1. The van der Waals surface area contributed by atoms with E-state index >= 15 is 0 Å². The Morgan fingerprint density at radius 2 is 0.832 bits per heavy atom. The number of carboxylic acids is 1. The van der Waals surface area contributed by atoms with Gasteiger partial charge >= 0.3 is 41.9 Å². The lowest BCUT2D eigenvalue weighted by Gasteiger charge is -2.43. The van der Waals surface area contributed by atoms with Gasteiger partial charge in [-0.3, -0.25) is 28.8 Å². The molecule has 2 unspecified atom stereocenters. The first-order chi connectivity index (χ1) is 50.8. The highest BCUT2D eigenvalue weighted by atomic mass is 16.6. The van der Waals surface area contributed by atoms with E-state index in [9.17, 15) is 59.1 Å². The number of ether oxygens (including phenoxy) is 7. The second-order valence-electron chi connectivity index (χ2n) is 33.6. The Kier molecular flexibility index (Phi) is 32.8. The van der Waals surface area contributed by atoms with Gasteiger partial charge in [-0.2, -0.15) is 0 Å². The van der Waals surface area contributed by atoms with Crippen LogP contribution in [0.25, 0.3) is 0 Å². The Balaban J connectivity index is 0.000000180. The van der Waals surface area contributed by atoms with Gasteiger partial charge in [0.15, 0.2) is 0 Å². The maximum Gasteiger partial charge on any atom is 0.407 e. The fourth-order valence-corrected chi connectivity index (χ4v) is 19.2. The number of nitrogens with one attached hydrogen (secondary N) is 1. The van der Waals surface area contributed by atoms with Crippen LogP contribution < -0.4 is 5.32 Å². The maximum absolute atomic E-state index is 12.5. The number of methoxy groups -OCH3 is 1. The summed E-state index contributed by atoms with van der Waals surface area (Å²) in [5.41, 5.74) is 5.12. The normalized spacial score (nSPS) is 37.6. The van der Waals surface area contributed by atoms with Crippen LogP contribution in [0.5, 0.6) is 0 Å². The van der Waals surface area contributed by atoms with Crippen molar-refractivity contribution in [1.82, 2.24) is 5.32 Å². The van der Waals surface area contributed by atoms with E-state index in [0.29, 0.717) is 90.8 Å². The minimum Gasteiger partial charge on any atom is -0.481 e. The highest BCUT2D eigenvalue weighted by Crippen LogP contribution is 2.50. The van der Waals surface area contributed by atoms with Gasteiger partial charge in [-0.25, -0.2) is 4.79 Å². The SMILES string of the molecule is CC(=O)O[C@H]1C[C@@H](C)C=C2C=C[C@H](C)[C@H](CC[C@@H]3C[C@@H](O)CC(=O)O3)[C@H]21.CC[C@H](C)C(=O)O[C@H]1CC(C)C=C2C=C[C@H](C)[C@H](CC[C@@H](O)C[C@@H](O)CC(=O)O)C21.CNC(=O)O[C@H]1C[C@@H](C)C=C2C=C[C@H](C)[C@H](CC[C@@H]3C[C@@H](O)CC(=O)O3)[C@H]21.CO[C@H]1C[C@@H](C)C=C2C=C[C@H](C)[C@H](CC[C@@H]3C[C@@H](O)CC(=O)O3)[C@H]21. The van der Waals surface area contributed by atoms with Gasteiger partial charge in [0.2, 0.25) is 0 Å². The molecule has 21 nitrogen and oxygen atoms in total. The number of carbonyl (C=O) groups is 7. The molecule has 0 saturated carbocycles. The minimum absolute atomic E-state index is 0.0556. The van der Waals surface area contributed by atoms with Crippen molar-refractivity contribution >= 4 is 41.9 Å². The number of carboxylic acid groups (broad SMARTS) is 1. The molecule has 3 heterocycles. The molecule has 11 rings (SSSR count). The van der Waals surface area contributed by atoms with Gasteiger partial charge in [-0.1, -0.05) is 142 Å². The number of rotatable bonds is 22. The molecule has 0 bridgehead atoms. The van der Waals surface area contributed by atoms with Crippen LogP contribution in [0.3, 0.4) is 0 Å². The third-order valence-electron chi connectivity index (χ3n) is 24.7. The van der Waals surface area contributed by atoms with Gasteiger partial charge in [0.25, 0.3) is 0 Å². The van der Waals surface area contributed by atoms with Crippen LogP contribution in [0.15, 0.2) is 95.2 Å². The Labute approximate surface area is 635 Å². The van der Waals surface area contributed by atoms with E-state index in [2.05, 4.69) is 134 Å². The quantitative estimate of drug-likeness (QED) is 0.0391. The molecule has 107 heavy (non-hydrogen) atoms. The number of aliphatic carboxylic acids is 1. The van der Waals surface area contributed by atoms with Crippen LogP contribution in [0.1, 0.15) is 211 Å². The third kappa shape index (κ3) is 24.9. The molecule has 3 fully saturated rings. The molecule has 0 aromatic carbocycles. The highest BCUT2D eigenvalue weighted by molar-refractivity contribution is 5.73. The van der Waals surface area contributed by atoms with Crippen molar-refractivity contribution in [1.29, 1.82) is 0 Å². The first-order valence-corrected chi connectivity index (χ1v) is 40.4. The number of fused-ring (bicyclic) bond motifs is 4. The molecule has 29 atom stereocenters. The lowest BCUT2D eigenvalue weighted by atomic mass is 9.65. The summed E-state index contributed by atoms with van der Waals surface area (Å²) >= 11 is 0. The Morgan fingerprint density at radius 3 is 1.16 bits per heavy atom. The molecule has 0 aromatic rings. The fraction of sp³-hybridized carbons (Fsp3) is 0.733. The van der Waals surface area contributed by atoms with Gasteiger partial charge in [0.05, 0.1) is 68.2 Å². The fourth-order valence-electron chi connectivity index (χ4n) is 19.2. The average Bonchev–Trinajstić information content (AvgIpc) is 0.801. The molecule has 21 heteroatoms. The van der Waals surface area contributed by atoms with E-state index in [1.165, 1.54) is 29.2 Å². The van der Waals surface area contributed by atoms with Crippen molar-refractivity contribution in [2.45, 2.75) is 284 Å². The van der Waals surface area contributed by atoms with E-state index in [-0.39, 0.29) is 140 Å². The molecule has 11 aliphatic rings. The van der Waals surface area contributed by atoms with Crippen LogP contribution in [0.2, 0.25) is 0 Å². The molecular weight excluding hydrogens is 1370 g/mol. The largest absolute Gasteiger partial charge is 0.481 e. The number of aliphatic hydroxyl groups excluding tert-OH is 5. The van der Waals surface area contributed by atoms with Crippen LogP contribution in [-0.2, 0) is 61.9 Å². The summed E-state index contributed by atoms with van der Waals surface area (Å²) < 4.78 is 39.5. The zero-order valence-corrected chi connectivity index (χ0v) is 65.9. The van der Waals surface area contributed by atoms with E-state index < -0.39 is 42.6 Å². The number of aliphatic hydroxyl groups is 5. The van der Waals surface area contributed by atoms with E-state index in [1.807, 2.05) is 21.0 Å². The van der Waals surface area contributed by atoms with Crippen molar-refractivity contribution < 1.29 is 97.4 Å². The molecule has 0 spiro atoms. The number of alkyl carbamates (subject to hydrolysis) is 1. The van der Waals surface area contributed by atoms with Gasteiger partial charge in [0, 0.05) is 64.0 Å². The molecule has 0 radical (unpaired) electrons. The first-order valence-electron chi connectivity index (χ1n) is 40.4. The summed E-state index contributed by atoms with van der Waals surface area (Å²) in [7, 11) is 3.40. The van der Waals surface area contributed by atoms with Crippen LogP contribution >= 0.6 is 0 Å². The molecule has 0 aromatic heterocycles. The van der Waals surface area contributed by atoms with Gasteiger partial charge in [-0.05, 0) is 183 Å². The van der Waals surface area contributed by atoms with Crippen LogP contribution in [0.4, 0.5) is 4.79 Å². The van der Waals surface area contributed by atoms with Crippen molar-refractivity contribution in [2.24, 2.45) is 101 Å². The maximum atomic E-state index is 12.5. The van der Waals surface area contributed by atoms with E-state index in [0.717, 1.165) is 77.0 Å². The second-order valence-corrected chi connectivity index (χ2v) is 33.6. The molecule has 8 aliphatic carbocycles. The topological polar surface area (TPSA) is 318 Å². The standard InChI is InChI=1S/C24H38O6.C21H31NO5.C21H30O5.C20H30O4/c1-5-15(3)24(29)30-21-11-14(2)10-17-7-6-16(4)20(23(17)21)9-8-18(25)12-19(26)13-22(27)28;1-12-8-14-5-4-13(2)17(20(14)18(9-12)27-21(25)22-3)7-6-16-10-15(23)11-19(24)26-16;1-12-8-15-5-4-13(2)18(21(15)19(9-12)25-14(3)22)7-6-17-10-16(23)11-20(24)26-17;1-12-8-14-5-4-13(2)17(20(14)18(9-12)23-3)7-6-16-10-15(21)11-19(22)24-16/h6-7,10,14-16,18-21,23,25-26H,5,8-9,11-13H2,1-4H3,(H,27,28);4-5,8,12-13,15-18,20,23H,6-7,9-11H2,1-3H3,(H,22,25);4-5,8,12-13,16-19,21,23H,6-7,9-11H2,1-3H3;4-5,8,12-13,15-18,20-21H,6-7,9-11H2,1-3H3/t14?,15-,16-,18+,19+,20-,21-,23?;12-,13-,15+,16+,17-,18-,20-;12-,13-,16+,17+,18-,19-,21-;12-,13-,15+,16+,17-,18-,20-/m0000/s1. The summed E-state index contributed by atoms with van der Waals surface area (Å²) in [6, 6.07) is 0. The second kappa shape index (κ2) is 40.6. The van der Waals surface area contributed by atoms with Crippen LogP contribution in [-0.4, -0.2) is 160 Å². The Hall–Kier alpha value is -6.23.